The lowest BCUT2D eigenvalue weighted by Crippen LogP contribution is -2.49. The summed E-state index contributed by atoms with van der Waals surface area (Å²) >= 11 is 0. The molecule has 2 aliphatic rings. The van der Waals surface area contributed by atoms with E-state index >= 15 is 0 Å². The second-order valence-corrected chi connectivity index (χ2v) is 8.50. The van der Waals surface area contributed by atoms with Gasteiger partial charge >= 0.3 is 0 Å². The molecular formula is C16H23N7O2S. The molecule has 0 spiro atoms. The van der Waals surface area contributed by atoms with Gasteiger partial charge in [0, 0.05) is 45.3 Å². The van der Waals surface area contributed by atoms with Gasteiger partial charge in [0.2, 0.25) is 0 Å². The molecule has 0 unspecified atom stereocenters. The maximum Gasteiger partial charge on any atom is 0.260 e. The van der Waals surface area contributed by atoms with Crippen LogP contribution in [0.25, 0.3) is 0 Å². The van der Waals surface area contributed by atoms with Gasteiger partial charge in [-0.05, 0) is 19.3 Å². The fourth-order valence-corrected chi connectivity index (χ4v) is 4.80. The van der Waals surface area contributed by atoms with Crippen LogP contribution in [-0.2, 0) is 10.0 Å². The van der Waals surface area contributed by atoms with Crippen molar-refractivity contribution in [3.63, 3.8) is 0 Å². The number of aromatic nitrogens is 4. The van der Waals surface area contributed by atoms with E-state index in [2.05, 4.69) is 29.7 Å². The molecule has 2 aromatic heterocycles. The highest BCUT2D eigenvalue weighted by molar-refractivity contribution is 7.89. The van der Waals surface area contributed by atoms with Crippen LogP contribution in [-0.4, -0.2) is 71.9 Å². The van der Waals surface area contributed by atoms with Gasteiger partial charge in [0.1, 0.15) is 18.0 Å². The van der Waals surface area contributed by atoms with Crippen LogP contribution < -0.4 is 9.80 Å². The van der Waals surface area contributed by atoms with Gasteiger partial charge < -0.3 is 14.8 Å². The molecule has 0 aromatic carbocycles. The normalized spacial score (nSPS) is 19.7. The van der Waals surface area contributed by atoms with Crippen LogP contribution in [0.2, 0.25) is 0 Å². The number of nitrogens with one attached hydrogen (secondary N) is 1. The number of rotatable bonds is 4. The van der Waals surface area contributed by atoms with E-state index in [0.29, 0.717) is 26.2 Å². The second-order valence-electron chi connectivity index (χ2n) is 6.59. The lowest BCUT2D eigenvalue weighted by Gasteiger charge is -2.35. The summed E-state index contributed by atoms with van der Waals surface area (Å²) in [5.74, 6) is 1.82. The number of H-pyrrole nitrogens is 1. The van der Waals surface area contributed by atoms with Gasteiger partial charge in [-0.3, -0.25) is 0 Å². The van der Waals surface area contributed by atoms with Crippen molar-refractivity contribution in [3.8, 4) is 0 Å². The second kappa shape index (κ2) is 7.20. The van der Waals surface area contributed by atoms with E-state index in [0.717, 1.165) is 24.7 Å². The first-order chi connectivity index (χ1) is 12.6. The van der Waals surface area contributed by atoms with Gasteiger partial charge in [-0.25, -0.2) is 23.4 Å². The highest BCUT2D eigenvalue weighted by Gasteiger charge is 2.30. The van der Waals surface area contributed by atoms with Crippen LogP contribution in [0.15, 0.2) is 29.9 Å². The summed E-state index contributed by atoms with van der Waals surface area (Å²) in [7, 11) is -3.50. The first-order valence-electron chi connectivity index (χ1n) is 8.95. The maximum absolute atomic E-state index is 12.6. The van der Waals surface area contributed by atoms with Crippen LogP contribution in [0, 0.1) is 0 Å². The molecule has 2 aliphatic heterocycles. The summed E-state index contributed by atoms with van der Waals surface area (Å²) < 4.78 is 26.6. The molecule has 2 saturated heterocycles. The molecule has 0 amide bonds. The number of imidazole rings is 1. The topological polar surface area (TPSA) is 98.3 Å². The molecule has 0 bridgehead atoms. The molecule has 0 aliphatic carbocycles. The predicted molar refractivity (Wildman–Crippen MR) is 97.7 cm³/mol. The van der Waals surface area contributed by atoms with Crippen molar-refractivity contribution in [1.29, 1.82) is 0 Å². The third-order valence-corrected chi connectivity index (χ3v) is 6.80. The Morgan fingerprint density at radius 3 is 2.15 bits per heavy atom. The zero-order valence-electron chi connectivity index (χ0n) is 14.6. The summed E-state index contributed by atoms with van der Waals surface area (Å²) in [4.78, 5) is 19.7. The van der Waals surface area contributed by atoms with E-state index < -0.39 is 10.0 Å². The average molecular weight is 377 g/mol. The predicted octanol–water partition coefficient (Wildman–Crippen LogP) is 0.701. The first-order valence-corrected chi connectivity index (χ1v) is 10.4. The van der Waals surface area contributed by atoms with Crippen molar-refractivity contribution in [1.82, 2.24) is 24.2 Å². The molecule has 0 radical (unpaired) electrons. The minimum atomic E-state index is -3.50. The smallest absolute Gasteiger partial charge is 0.260 e. The maximum atomic E-state index is 12.6. The van der Waals surface area contributed by atoms with Crippen molar-refractivity contribution in [2.24, 2.45) is 0 Å². The van der Waals surface area contributed by atoms with Crippen molar-refractivity contribution in [3.05, 3.63) is 24.9 Å². The van der Waals surface area contributed by atoms with Gasteiger partial charge in [0.15, 0.2) is 5.03 Å². The zero-order valence-corrected chi connectivity index (χ0v) is 15.4. The summed E-state index contributed by atoms with van der Waals surface area (Å²) in [5.41, 5.74) is 0. The van der Waals surface area contributed by atoms with E-state index in [1.165, 1.54) is 36.1 Å². The summed E-state index contributed by atoms with van der Waals surface area (Å²) in [5, 5.41) is 0.139. The van der Waals surface area contributed by atoms with E-state index in [4.69, 9.17) is 0 Å². The Balaban J connectivity index is 1.43. The summed E-state index contributed by atoms with van der Waals surface area (Å²) in [6.07, 6.45) is 8.00. The molecule has 9 nitrogen and oxygen atoms in total. The van der Waals surface area contributed by atoms with Crippen LogP contribution in [0.3, 0.4) is 0 Å². The highest BCUT2D eigenvalue weighted by Crippen LogP contribution is 2.23. The van der Waals surface area contributed by atoms with Crippen molar-refractivity contribution in [2.75, 3.05) is 49.1 Å². The number of anilines is 2. The first kappa shape index (κ1) is 17.2. The van der Waals surface area contributed by atoms with Crippen LogP contribution >= 0.6 is 0 Å². The molecule has 4 rings (SSSR count). The number of sulfonamides is 1. The number of aromatic amines is 1. The van der Waals surface area contributed by atoms with E-state index in [-0.39, 0.29) is 5.03 Å². The van der Waals surface area contributed by atoms with Crippen LogP contribution in [0.1, 0.15) is 19.3 Å². The van der Waals surface area contributed by atoms with E-state index in [9.17, 15) is 8.42 Å². The Labute approximate surface area is 153 Å². The third-order valence-electron chi connectivity index (χ3n) is 4.97. The zero-order chi connectivity index (χ0) is 18.0. The number of piperazine rings is 1. The fourth-order valence-electron chi connectivity index (χ4n) is 3.49. The van der Waals surface area contributed by atoms with Crippen LogP contribution in [0.5, 0.6) is 0 Å². The summed E-state index contributed by atoms with van der Waals surface area (Å²) in [6, 6.07) is 2.02. The molecule has 0 atom stereocenters. The highest BCUT2D eigenvalue weighted by atomic mass is 32.2. The number of nitrogens with zero attached hydrogens (tertiary/aromatic N) is 6. The molecular weight excluding hydrogens is 354 g/mol. The fraction of sp³-hybridized carbons (Fsp3) is 0.562. The lowest BCUT2D eigenvalue weighted by molar-refractivity contribution is 0.382. The van der Waals surface area contributed by atoms with E-state index in [1.807, 2.05) is 6.07 Å². The van der Waals surface area contributed by atoms with Gasteiger partial charge in [-0.1, -0.05) is 0 Å². The van der Waals surface area contributed by atoms with Crippen molar-refractivity contribution >= 4 is 21.7 Å². The molecule has 1 N–H and O–H groups in total. The molecule has 26 heavy (non-hydrogen) atoms. The van der Waals surface area contributed by atoms with Crippen molar-refractivity contribution in [2.45, 2.75) is 24.3 Å². The number of piperidine rings is 1. The van der Waals surface area contributed by atoms with Crippen LogP contribution in [0.4, 0.5) is 11.6 Å². The summed E-state index contributed by atoms with van der Waals surface area (Å²) in [6.45, 7) is 4.11. The van der Waals surface area contributed by atoms with Gasteiger partial charge in [0.25, 0.3) is 10.0 Å². The van der Waals surface area contributed by atoms with Gasteiger partial charge in [-0.2, -0.15) is 4.31 Å². The minimum Gasteiger partial charge on any atom is -0.356 e. The Kier molecular flexibility index (Phi) is 4.77. The SMILES string of the molecule is O=S(=O)(c1cnc[nH]1)N1CCN(c2cc(N3CCCCC3)ncn2)CC1. The molecule has 4 heterocycles. The monoisotopic (exact) mass is 377 g/mol. The van der Waals surface area contributed by atoms with Gasteiger partial charge in [0.05, 0.1) is 12.5 Å². The van der Waals surface area contributed by atoms with Crippen molar-refractivity contribution < 1.29 is 8.42 Å². The Morgan fingerprint density at radius 1 is 0.885 bits per heavy atom. The Bertz CT molecular complexity index is 826. The molecule has 2 aromatic rings. The third kappa shape index (κ3) is 3.38. The molecule has 2 fully saturated rings. The minimum absolute atomic E-state index is 0.139. The lowest BCUT2D eigenvalue weighted by atomic mass is 10.1. The molecule has 140 valence electrons. The van der Waals surface area contributed by atoms with E-state index in [1.54, 1.807) is 6.33 Å². The number of hydrogen-bond acceptors (Lipinski definition) is 7. The average Bonchev–Trinajstić information content (AvgIpc) is 3.25. The molecule has 0 saturated carbocycles. The Hall–Kier alpha value is -2.20. The Morgan fingerprint density at radius 2 is 1.54 bits per heavy atom. The molecule has 10 heteroatoms. The number of hydrogen-bond donors (Lipinski definition) is 1. The standard InChI is InChI=1S/C16H23N7O2S/c24-26(25,16-11-17-12-20-16)23-8-6-22(7-9-23)15-10-14(18-13-19-15)21-4-2-1-3-5-21/h10-13H,1-9H2,(H,17,20). The largest absolute Gasteiger partial charge is 0.356 e. The van der Waals surface area contributed by atoms with Gasteiger partial charge in [-0.15, -0.1) is 0 Å². The quantitative estimate of drug-likeness (QED) is 0.837.